The maximum absolute atomic E-state index is 12.1. The molecule has 0 saturated carbocycles. The fourth-order valence-electron chi connectivity index (χ4n) is 2.74. The SMILES string of the molecule is CC(C)N1CCOC(CC(=O)NCc2nccn2C(C)C)C1.O=CO.O=CO. The number of rotatable bonds is 6. The molecule has 1 aromatic heterocycles. The molecule has 1 amide bonds. The van der Waals surface area contributed by atoms with Crippen LogP contribution in [0.3, 0.4) is 0 Å². The smallest absolute Gasteiger partial charge is 0.290 e. The van der Waals surface area contributed by atoms with Crippen molar-refractivity contribution in [3.05, 3.63) is 18.2 Å². The third-order valence-electron chi connectivity index (χ3n) is 4.06. The zero-order valence-corrected chi connectivity index (χ0v) is 16.9. The predicted molar refractivity (Wildman–Crippen MR) is 103 cm³/mol. The van der Waals surface area contributed by atoms with Gasteiger partial charge in [0.1, 0.15) is 5.82 Å². The van der Waals surface area contributed by atoms with Crippen molar-refractivity contribution < 1.29 is 29.3 Å². The Hall–Kier alpha value is -2.46. The number of nitrogens with zero attached hydrogens (tertiary/aromatic N) is 3. The molecule has 3 N–H and O–H groups in total. The summed E-state index contributed by atoms with van der Waals surface area (Å²) in [7, 11) is 0. The molecule has 28 heavy (non-hydrogen) atoms. The maximum atomic E-state index is 12.1. The molecule has 10 nitrogen and oxygen atoms in total. The van der Waals surface area contributed by atoms with Gasteiger partial charge in [-0.15, -0.1) is 0 Å². The number of carbonyl (C=O) groups excluding carboxylic acids is 1. The van der Waals surface area contributed by atoms with Crippen molar-refractivity contribution in [3.8, 4) is 0 Å². The zero-order chi connectivity index (χ0) is 21.5. The van der Waals surface area contributed by atoms with Crippen LogP contribution in [0, 0.1) is 0 Å². The number of hydrogen-bond donors (Lipinski definition) is 3. The van der Waals surface area contributed by atoms with Crippen molar-refractivity contribution in [1.29, 1.82) is 0 Å². The first-order chi connectivity index (χ1) is 13.3. The van der Waals surface area contributed by atoms with Crippen LogP contribution < -0.4 is 5.32 Å². The molecule has 0 bridgehead atoms. The molecule has 0 aliphatic carbocycles. The lowest BCUT2D eigenvalue weighted by Gasteiger charge is -2.35. The molecule has 0 spiro atoms. The number of carbonyl (C=O) groups is 3. The van der Waals surface area contributed by atoms with Gasteiger partial charge in [-0.25, -0.2) is 4.98 Å². The first kappa shape index (κ1) is 25.5. The van der Waals surface area contributed by atoms with Crippen molar-refractivity contribution in [2.24, 2.45) is 0 Å². The highest BCUT2D eigenvalue weighted by atomic mass is 16.5. The molecule has 2 heterocycles. The molecular formula is C18H32N4O6. The molecule has 0 radical (unpaired) electrons. The summed E-state index contributed by atoms with van der Waals surface area (Å²) in [6.07, 6.45) is 4.11. The standard InChI is InChI=1S/C16H28N4O2.2CH2O2/c1-12(2)19-7-8-22-14(11-19)9-16(21)18-10-15-17-5-6-20(15)13(3)4;2*2-1-3/h5-6,12-14H,7-11H2,1-4H3,(H,18,21);2*1H,(H,2,3). The molecule has 1 atom stereocenters. The van der Waals surface area contributed by atoms with E-state index in [0.717, 1.165) is 18.9 Å². The van der Waals surface area contributed by atoms with E-state index in [0.29, 0.717) is 31.7 Å². The Morgan fingerprint density at radius 2 is 1.89 bits per heavy atom. The molecule has 160 valence electrons. The van der Waals surface area contributed by atoms with Crippen LogP contribution in [-0.2, 0) is 25.7 Å². The Morgan fingerprint density at radius 3 is 2.43 bits per heavy atom. The van der Waals surface area contributed by atoms with Crippen LogP contribution in [0.15, 0.2) is 12.4 Å². The summed E-state index contributed by atoms with van der Waals surface area (Å²) in [5.41, 5.74) is 0. The third kappa shape index (κ3) is 10.0. The van der Waals surface area contributed by atoms with Crippen LogP contribution >= 0.6 is 0 Å². The van der Waals surface area contributed by atoms with Gasteiger partial charge in [0.25, 0.3) is 12.9 Å². The molecule has 1 unspecified atom stereocenters. The molecule has 1 aliphatic rings. The number of carboxylic acid groups (broad SMARTS) is 2. The van der Waals surface area contributed by atoms with Gasteiger partial charge in [-0.05, 0) is 27.7 Å². The minimum Gasteiger partial charge on any atom is -0.483 e. The Kier molecular flexibility index (Phi) is 13.3. The van der Waals surface area contributed by atoms with E-state index in [2.05, 4.69) is 47.5 Å². The van der Waals surface area contributed by atoms with Crippen molar-refractivity contribution in [1.82, 2.24) is 19.8 Å². The second kappa shape index (κ2) is 14.6. The summed E-state index contributed by atoms with van der Waals surface area (Å²) in [6.45, 7) is 11.0. The largest absolute Gasteiger partial charge is 0.483 e. The molecule has 1 fully saturated rings. The van der Waals surface area contributed by atoms with Gasteiger partial charge in [0.15, 0.2) is 0 Å². The molecule has 1 aliphatic heterocycles. The van der Waals surface area contributed by atoms with Crippen LogP contribution in [0.2, 0.25) is 0 Å². The molecule has 1 saturated heterocycles. The summed E-state index contributed by atoms with van der Waals surface area (Å²) in [5, 5.41) is 16.7. The van der Waals surface area contributed by atoms with E-state index in [1.54, 1.807) is 6.20 Å². The highest BCUT2D eigenvalue weighted by Gasteiger charge is 2.24. The number of nitrogens with one attached hydrogen (secondary N) is 1. The number of ether oxygens (including phenoxy) is 1. The highest BCUT2D eigenvalue weighted by molar-refractivity contribution is 5.76. The van der Waals surface area contributed by atoms with Gasteiger partial charge in [0.2, 0.25) is 5.91 Å². The summed E-state index contributed by atoms with van der Waals surface area (Å²) in [5.74, 6) is 0.908. The molecular weight excluding hydrogens is 368 g/mol. The Bertz CT molecular complexity index is 570. The second-order valence-electron chi connectivity index (χ2n) is 6.62. The lowest BCUT2D eigenvalue weighted by molar-refractivity contribution is -0.127. The monoisotopic (exact) mass is 400 g/mol. The van der Waals surface area contributed by atoms with Crippen LogP contribution in [0.25, 0.3) is 0 Å². The zero-order valence-electron chi connectivity index (χ0n) is 16.9. The first-order valence-electron chi connectivity index (χ1n) is 9.10. The average Bonchev–Trinajstić information content (AvgIpc) is 3.10. The minimum absolute atomic E-state index is 0.0130. The van der Waals surface area contributed by atoms with Gasteiger partial charge in [0, 0.05) is 37.6 Å². The van der Waals surface area contributed by atoms with Gasteiger partial charge in [-0.3, -0.25) is 19.3 Å². The third-order valence-corrected chi connectivity index (χ3v) is 4.06. The fourth-order valence-corrected chi connectivity index (χ4v) is 2.74. The van der Waals surface area contributed by atoms with E-state index in [9.17, 15) is 4.79 Å². The van der Waals surface area contributed by atoms with Crippen molar-refractivity contribution >= 4 is 18.9 Å². The topological polar surface area (TPSA) is 134 Å². The van der Waals surface area contributed by atoms with E-state index in [1.807, 2.05) is 6.20 Å². The normalized spacial score (nSPS) is 16.4. The van der Waals surface area contributed by atoms with Gasteiger partial charge in [-0.1, -0.05) is 0 Å². The van der Waals surface area contributed by atoms with Gasteiger partial charge in [0.05, 0.1) is 25.7 Å². The lowest BCUT2D eigenvalue weighted by Crippen LogP contribution is -2.47. The Balaban J connectivity index is 0.00000108. The number of amides is 1. The quantitative estimate of drug-likeness (QED) is 0.602. The first-order valence-corrected chi connectivity index (χ1v) is 9.10. The highest BCUT2D eigenvalue weighted by Crippen LogP contribution is 2.12. The Labute approximate surface area is 165 Å². The fraction of sp³-hybridized carbons (Fsp3) is 0.667. The van der Waals surface area contributed by atoms with Crippen molar-refractivity contribution in [3.63, 3.8) is 0 Å². The van der Waals surface area contributed by atoms with E-state index < -0.39 is 0 Å². The van der Waals surface area contributed by atoms with E-state index in [1.165, 1.54) is 0 Å². The van der Waals surface area contributed by atoms with Crippen LogP contribution in [0.4, 0.5) is 0 Å². The number of hydrogen-bond acceptors (Lipinski definition) is 6. The number of imidazole rings is 1. The lowest BCUT2D eigenvalue weighted by atomic mass is 10.1. The molecule has 0 aromatic carbocycles. The predicted octanol–water partition coefficient (Wildman–Crippen LogP) is 0.981. The molecule has 10 heteroatoms. The molecule has 1 aromatic rings. The van der Waals surface area contributed by atoms with Crippen LogP contribution in [0.5, 0.6) is 0 Å². The summed E-state index contributed by atoms with van der Waals surface area (Å²) in [6, 6.07) is 0.837. The molecule has 2 rings (SSSR count). The van der Waals surface area contributed by atoms with E-state index in [4.69, 9.17) is 24.5 Å². The minimum atomic E-state index is -0.250. The van der Waals surface area contributed by atoms with Crippen LogP contribution in [0.1, 0.15) is 46.0 Å². The summed E-state index contributed by atoms with van der Waals surface area (Å²) >= 11 is 0. The Morgan fingerprint density at radius 1 is 1.29 bits per heavy atom. The maximum Gasteiger partial charge on any atom is 0.290 e. The van der Waals surface area contributed by atoms with Gasteiger partial charge >= 0.3 is 0 Å². The van der Waals surface area contributed by atoms with Gasteiger partial charge < -0.3 is 24.8 Å². The second-order valence-corrected chi connectivity index (χ2v) is 6.62. The van der Waals surface area contributed by atoms with E-state index in [-0.39, 0.29) is 25.0 Å². The average molecular weight is 400 g/mol. The van der Waals surface area contributed by atoms with Crippen LogP contribution in [-0.4, -0.2) is 75.4 Å². The van der Waals surface area contributed by atoms with E-state index >= 15 is 0 Å². The van der Waals surface area contributed by atoms with Crippen molar-refractivity contribution in [2.45, 2.75) is 58.8 Å². The summed E-state index contributed by atoms with van der Waals surface area (Å²) in [4.78, 5) is 35.5. The number of morpholine rings is 1. The van der Waals surface area contributed by atoms with Gasteiger partial charge in [-0.2, -0.15) is 0 Å². The number of aromatic nitrogens is 2. The van der Waals surface area contributed by atoms with Crippen molar-refractivity contribution in [2.75, 3.05) is 19.7 Å². The summed E-state index contributed by atoms with van der Waals surface area (Å²) < 4.78 is 7.77.